The van der Waals surface area contributed by atoms with Crippen LogP contribution in [-0.2, 0) is 4.74 Å². The molecule has 0 radical (unpaired) electrons. The summed E-state index contributed by atoms with van der Waals surface area (Å²) in [6.07, 6.45) is 0. The van der Waals surface area contributed by atoms with Gasteiger partial charge in [0.2, 0.25) is 0 Å². The molecular formula is C9H10BrNO4. The molecule has 0 saturated heterocycles. The molecule has 0 aliphatic carbocycles. The molecule has 1 heterocycles. The second-order valence-electron chi connectivity index (χ2n) is 2.56. The van der Waals surface area contributed by atoms with Crippen molar-refractivity contribution in [1.29, 1.82) is 0 Å². The highest BCUT2D eigenvalue weighted by molar-refractivity contribution is 9.10. The van der Waals surface area contributed by atoms with E-state index < -0.39 is 5.97 Å². The number of ether oxygens (including phenoxy) is 2. The van der Waals surface area contributed by atoms with E-state index in [9.17, 15) is 9.90 Å². The Hall–Kier alpha value is -1.30. The Morgan fingerprint density at radius 2 is 2.33 bits per heavy atom. The van der Waals surface area contributed by atoms with E-state index in [1.54, 1.807) is 6.92 Å². The second kappa shape index (κ2) is 4.97. The van der Waals surface area contributed by atoms with Crippen molar-refractivity contribution in [2.75, 3.05) is 13.7 Å². The van der Waals surface area contributed by atoms with Crippen molar-refractivity contribution in [3.05, 3.63) is 16.4 Å². The molecule has 1 N–H and O–H groups in total. The van der Waals surface area contributed by atoms with Crippen molar-refractivity contribution >= 4 is 21.9 Å². The van der Waals surface area contributed by atoms with Crippen LogP contribution in [-0.4, -0.2) is 29.8 Å². The van der Waals surface area contributed by atoms with Crippen LogP contribution >= 0.6 is 15.9 Å². The molecule has 0 spiro atoms. The Morgan fingerprint density at radius 3 is 2.87 bits per heavy atom. The summed E-state index contributed by atoms with van der Waals surface area (Å²) in [4.78, 5) is 15.2. The number of aromatic hydroxyl groups is 1. The first-order valence-electron chi connectivity index (χ1n) is 4.20. The highest BCUT2D eigenvalue weighted by atomic mass is 79.9. The van der Waals surface area contributed by atoms with E-state index in [4.69, 9.17) is 9.47 Å². The van der Waals surface area contributed by atoms with E-state index in [0.29, 0.717) is 4.60 Å². The number of aromatic nitrogens is 1. The van der Waals surface area contributed by atoms with Crippen molar-refractivity contribution in [2.24, 2.45) is 0 Å². The average Bonchev–Trinajstić information content (AvgIpc) is 2.21. The van der Waals surface area contributed by atoms with Crippen LogP contribution in [0.1, 0.15) is 17.4 Å². The van der Waals surface area contributed by atoms with Gasteiger partial charge in [-0.2, -0.15) is 0 Å². The van der Waals surface area contributed by atoms with E-state index >= 15 is 0 Å². The Morgan fingerprint density at radius 1 is 1.67 bits per heavy atom. The Labute approximate surface area is 95.2 Å². The maximum absolute atomic E-state index is 11.4. The predicted molar refractivity (Wildman–Crippen MR) is 56.1 cm³/mol. The number of hydrogen-bond acceptors (Lipinski definition) is 5. The molecule has 6 heteroatoms. The first kappa shape index (κ1) is 11.8. The summed E-state index contributed by atoms with van der Waals surface area (Å²) >= 11 is 3.10. The van der Waals surface area contributed by atoms with Gasteiger partial charge in [-0.25, -0.2) is 9.78 Å². The number of carbonyl (C=O) groups is 1. The summed E-state index contributed by atoms with van der Waals surface area (Å²) in [5, 5.41) is 9.60. The molecule has 0 amide bonds. The zero-order valence-corrected chi connectivity index (χ0v) is 9.87. The Bertz CT molecular complexity index is 381. The van der Waals surface area contributed by atoms with Crippen molar-refractivity contribution < 1.29 is 19.4 Å². The molecule has 0 fully saturated rings. The SMILES string of the molecule is CCOC(=O)c1nc(Br)cc(OC)c1O. The average molecular weight is 276 g/mol. The first-order valence-corrected chi connectivity index (χ1v) is 5.00. The molecule has 1 aromatic rings. The minimum Gasteiger partial charge on any atom is -0.503 e. The van der Waals surface area contributed by atoms with E-state index in [-0.39, 0.29) is 23.8 Å². The summed E-state index contributed by atoms with van der Waals surface area (Å²) in [7, 11) is 1.39. The molecule has 0 atom stereocenters. The molecule has 0 saturated carbocycles. The van der Waals surface area contributed by atoms with Crippen LogP contribution in [0.5, 0.6) is 11.5 Å². The molecule has 82 valence electrons. The normalized spacial score (nSPS) is 9.80. The van der Waals surface area contributed by atoms with Gasteiger partial charge < -0.3 is 14.6 Å². The number of methoxy groups -OCH3 is 1. The third-order valence-electron chi connectivity index (χ3n) is 1.62. The largest absolute Gasteiger partial charge is 0.503 e. The molecule has 1 aromatic heterocycles. The zero-order valence-electron chi connectivity index (χ0n) is 8.28. The van der Waals surface area contributed by atoms with Gasteiger partial charge in [0.25, 0.3) is 0 Å². The summed E-state index contributed by atoms with van der Waals surface area (Å²) in [6.45, 7) is 1.89. The molecule has 0 unspecified atom stereocenters. The second-order valence-corrected chi connectivity index (χ2v) is 3.38. The van der Waals surface area contributed by atoms with E-state index in [1.165, 1.54) is 13.2 Å². The smallest absolute Gasteiger partial charge is 0.361 e. The Balaban J connectivity index is 3.17. The van der Waals surface area contributed by atoms with E-state index in [2.05, 4.69) is 20.9 Å². The van der Waals surface area contributed by atoms with Gasteiger partial charge in [0.05, 0.1) is 13.7 Å². The molecule has 0 aliphatic rings. The lowest BCUT2D eigenvalue weighted by molar-refractivity contribution is 0.0515. The van der Waals surface area contributed by atoms with Crippen molar-refractivity contribution in [3.63, 3.8) is 0 Å². The van der Waals surface area contributed by atoms with Crippen molar-refractivity contribution in [1.82, 2.24) is 4.98 Å². The number of esters is 1. The molecular weight excluding hydrogens is 266 g/mol. The van der Waals surface area contributed by atoms with Gasteiger partial charge in [-0.3, -0.25) is 0 Å². The fourth-order valence-corrected chi connectivity index (χ4v) is 1.37. The third-order valence-corrected chi connectivity index (χ3v) is 2.02. The molecule has 0 bridgehead atoms. The Kier molecular flexibility index (Phi) is 3.90. The highest BCUT2D eigenvalue weighted by Gasteiger charge is 2.19. The molecule has 0 aromatic carbocycles. The van der Waals surface area contributed by atoms with Gasteiger partial charge in [0, 0.05) is 6.07 Å². The number of halogens is 1. The number of nitrogens with zero attached hydrogens (tertiary/aromatic N) is 1. The van der Waals surface area contributed by atoms with Crippen LogP contribution in [0.15, 0.2) is 10.7 Å². The summed E-state index contributed by atoms with van der Waals surface area (Å²) in [5.41, 5.74) is -0.164. The molecule has 0 aliphatic heterocycles. The van der Waals surface area contributed by atoms with E-state index in [1.807, 2.05) is 0 Å². The monoisotopic (exact) mass is 275 g/mol. The minimum absolute atomic E-state index is 0.164. The van der Waals surface area contributed by atoms with Crippen LogP contribution < -0.4 is 4.74 Å². The summed E-state index contributed by atoms with van der Waals surface area (Å²) in [5.74, 6) is -0.839. The molecule has 5 nitrogen and oxygen atoms in total. The lowest BCUT2D eigenvalue weighted by Crippen LogP contribution is -2.08. The minimum atomic E-state index is -0.686. The quantitative estimate of drug-likeness (QED) is 0.672. The maximum Gasteiger partial charge on any atom is 0.361 e. The standard InChI is InChI=1S/C9H10BrNO4/c1-3-15-9(13)7-8(12)5(14-2)4-6(10)11-7/h4,12H,3H2,1-2H3. The number of pyridine rings is 1. The highest BCUT2D eigenvalue weighted by Crippen LogP contribution is 2.31. The van der Waals surface area contributed by atoms with Gasteiger partial charge >= 0.3 is 5.97 Å². The summed E-state index contributed by atoms with van der Waals surface area (Å²) < 4.78 is 9.98. The molecule has 1 rings (SSSR count). The van der Waals surface area contributed by atoms with Crippen LogP contribution in [0.4, 0.5) is 0 Å². The summed E-state index contributed by atoms with van der Waals surface area (Å²) in [6, 6.07) is 1.46. The van der Waals surface area contributed by atoms with Crippen molar-refractivity contribution in [3.8, 4) is 11.5 Å². The van der Waals surface area contributed by atoms with Crippen molar-refractivity contribution in [2.45, 2.75) is 6.92 Å². The molecule has 15 heavy (non-hydrogen) atoms. The lowest BCUT2D eigenvalue weighted by atomic mass is 10.3. The zero-order chi connectivity index (χ0) is 11.4. The van der Waals surface area contributed by atoms with Gasteiger partial charge in [-0.15, -0.1) is 0 Å². The maximum atomic E-state index is 11.4. The van der Waals surface area contributed by atoms with Crippen LogP contribution in [0.3, 0.4) is 0 Å². The first-order chi connectivity index (χ1) is 7.10. The lowest BCUT2D eigenvalue weighted by Gasteiger charge is -2.07. The van der Waals surface area contributed by atoms with E-state index in [0.717, 1.165) is 0 Å². The van der Waals surface area contributed by atoms with Crippen LogP contribution in [0.2, 0.25) is 0 Å². The predicted octanol–water partition coefficient (Wildman–Crippen LogP) is 1.73. The van der Waals surface area contributed by atoms with Crippen LogP contribution in [0.25, 0.3) is 0 Å². The fraction of sp³-hybridized carbons (Fsp3) is 0.333. The third kappa shape index (κ3) is 2.59. The topological polar surface area (TPSA) is 68.7 Å². The number of hydrogen-bond donors (Lipinski definition) is 1. The number of rotatable bonds is 3. The van der Waals surface area contributed by atoms with Crippen LogP contribution in [0, 0.1) is 0 Å². The van der Waals surface area contributed by atoms with Gasteiger partial charge in [0.15, 0.2) is 17.2 Å². The fourth-order valence-electron chi connectivity index (χ4n) is 0.983. The van der Waals surface area contributed by atoms with Gasteiger partial charge in [-0.1, -0.05) is 0 Å². The van der Waals surface area contributed by atoms with Gasteiger partial charge in [0.1, 0.15) is 4.60 Å². The van der Waals surface area contributed by atoms with Gasteiger partial charge in [-0.05, 0) is 22.9 Å². The number of carbonyl (C=O) groups excluding carboxylic acids is 1.